The number of nitrogens with zero attached hydrogens (tertiary/aromatic N) is 4. The summed E-state index contributed by atoms with van der Waals surface area (Å²) >= 11 is 1.45. The highest BCUT2D eigenvalue weighted by molar-refractivity contribution is 8.00. The number of halogens is 1. The highest BCUT2D eigenvalue weighted by atomic mass is 32.2. The van der Waals surface area contributed by atoms with E-state index in [9.17, 15) is 9.18 Å². The fourth-order valence-corrected chi connectivity index (χ4v) is 4.02. The molecule has 2 aromatic heterocycles. The fraction of sp³-hybridized carbons (Fsp3) is 0.300. The first-order valence-corrected chi connectivity index (χ1v) is 9.98. The molecule has 3 heterocycles. The van der Waals surface area contributed by atoms with E-state index in [0.29, 0.717) is 5.75 Å². The van der Waals surface area contributed by atoms with Crippen molar-refractivity contribution in [2.75, 3.05) is 31.9 Å². The predicted octanol–water partition coefficient (Wildman–Crippen LogP) is 2.91. The van der Waals surface area contributed by atoms with E-state index in [-0.39, 0.29) is 11.7 Å². The van der Waals surface area contributed by atoms with Crippen LogP contribution in [-0.2, 0) is 11.3 Å². The Morgan fingerprint density at radius 1 is 1.07 bits per heavy atom. The minimum atomic E-state index is -0.257. The van der Waals surface area contributed by atoms with Crippen LogP contribution >= 0.6 is 11.8 Å². The number of pyridine rings is 1. The van der Waals surface area contributed by atoms with Crippen molar-refractivity contribution in [3.8, 4) is 0 Å². The molecule has 1 aliphatic rings. The second-order valence-electron chi connectivity index (χ2n) is 6.61. The number of thioether (sulfide) groups is 1. The first kappa shape index (κ1) is 18.0. The van der Waals surface area contributed by atoms with Crippen LogP contribution in [0.4, 0.5) is 4.39 Å². The van der Waals surface area contributed by atoms with Gasteiger partial charge in [-0.3, -0.25) is 9.69 Å². The normalized spacial score (nSPS) is 15.4. The Morgan fingerprint density at radius 2 is 1.85 bits per heavy atom. The van der Waals surface area contributed by atoms with Crippen LogP contribution in [0.15, 0.2) is 59.6 Å². The number of benzene rings is 1. The molecule has 4 rings (SSSR count). The van der Waals surface area contributed by atoms with Gasteiger partial charge in [-0.1, -0.05) is 6.07 Å². The molecular formula is C20H21FN4OS. The molecule has 27 heavy (non-hydrogen) atoms. The van der Waals surface area contributed by atoms with E-state index in [0.717, 1.165) is 48.8 Å². The summed E-state index contributed by atoms with van der Waals surface area (Å²) in [5, 5.41) is 4.59. The first-order valence-electron chi connectivity index (χ1n) is 8.99. The Balaban J connectivity index is 1.25. The number of hydrogen-bond acceptors (Lipinski definition) is 4. The Kier molecular flexibility index (Phi) is 5.40. The molecule has 0 spiro atoms. The maximum absolute atomic E-state index is 12.9. The summed E-state index contributed by atoms with van der Waals surface area (Å²) in [5.74, 6) is 0.266. The average Bonchev–Trinajstić information content (AvgIpc) is 3.10. The molecule has 0 aliphatic carbocycles. The molecule has 5 nitrogen and oxygen atoms in total. The lowest BCUT2D eigenvalue weighted by Crippen LogP contribution is -2.48. The number of hydrogen-bond donors (Lipinski definition) is 0. The van der Waals surface area contributed by atoms with Gasteiger partial charge in [0.1, 0.15) is 5.82 Å². The minimum absolute atomic E-state index is 0.136. The molecule has 0 N–H and O–H groups in total. The molecule has 7 heteroatoms. The largest absolute Gasteiger partial charge is 0.339 e. The Labute approximate surface area is 161 Å². The van der Waals surface area contributed by atoms with Gasteiger partial charge in [-0.2, -0.15) is 5.10 Å². The molecule has 1 aliphatic heterocycles. The Hall–Kier alpha value is -2.38. The number of aromatic nitrogens is 2. The van der Waals surface area contributed by atoms with Gasteiger partial charge in [0.2, 0.25) is 5.91 Å². The SMILES string of the molecule is O=C(CSc1ccc(F)cc1)N1CCN(Cc2cc3ccccn3n2)CC1. The van der Waals surface area contributed by atoms with Crippen molar-refractivity contribution in [1.82, 2.24) is 19.4 Å². The zero-order chi connectivity index (χ0) is 18.6. The molecule has 140 valence electrons. The molecule has 1 fully saturated rings. The third kappa shape index (κ3) is 4.48. The maximum atomic E-state index is 12.9. The molecule has 0 atom stereocenters. The first-order chi connectivity index (χ1) is 13.2. The zero-order valence-electron chi connectivity index (χ0n) is 14.9. The summed E-state index contributed by atoms with van der Waals surface area (Å²) < 4.78 is 14.8. The predicted molar refractivity (Wildman–Crippen MR) is 104 cm³/mol. The minimum Gasteiger partial charge on any atom is -0.339 e. The van der Waals surface area contributed by atoms with Crippen molar-refractivity contribution in [2.24, 2.45) is 0 Å². The highest BCUT2D eigenvalue weighted by Crippen LogP contribution is 2.19. The molecule has 1 saturated heterocycles. The summed E-state index contributed by atoms with van der Waals surface area (Å²) in [6.07, 6.45) is 1.95. The number of amides is 1. The number of rotatable bonds is 5. The monoisotopic (exact) mass is 384 g/mol. The van der Waals surface area contributed by atoms with E-state index in [1.807, 2.05) is 33.8 Å². The van der Waals surface area contributed by atoms with Gasteiger partial charge in [0.25, 0.3) is 0 Å². The van der Waals surface area contributed by atoms with Crippen LogP contribution in [0.1, 0.15) is 5.69 Å². The maximum Gasteiger partial charge on any atom is 0.233 e. The molecule has 0 bridgehead atoms. The number of fused-ring (bicyclic) bond motifs is 1. The van der Waals surface area contributed by atoms with Gasteiger partial charge >= 0.3 is 0 Å². The topological polar surface area (TPSA) is 40.9 Å². The van der Waals surface area contributed by atoms with E-state index in [2.05, 4.69) is 16.1 Å². The van der Waals surface area contributed by atoms with Gasteiger partial charge in [0.15, 0.2) is 0 Å². The molecule has 1 aromatic carbocycles. The van der Waals surface area contributed by atoms with Gasteiger partial charge in [-0.15, -0.1) is 11.8 Å². The lowest BCUT2D eigenvalue weighted by atomic mass is 10.3. The third-order valence-corrected chi connectivity index (χ3v) is 5.70. The Morgan fingerprint density at radius 3 is 2.59 bits per heavy atom. The van der Waals surface area contributed by atoms with Crippen LogP contribution in [0.2, 0.25) is 0 Å². The lowest BCUT2D eigenvalue weighted by Gasteiger charge is -2.34. The summed E-state index contributed by atoms with van der Waals surface area (Å²) in [4.78, 5) is 17.6. The number of carbonyl (C=O) groups is 1. The van der Waals surface area contributed by atoms with Gasteiger partial charge in [-0.05, 0) is 42.5 Å². The van der Waals surface area contributed by atoms with Crippen molar-refractivity contribution in [3.63, 3.8) is 0 Å². The average molecular weight is 384 g/mol. The van der Waals surface area contributed by atoms with Gasteiger partial charge in [-0.25, -0.2) is 8.91 Å². The van der Waals surface area contributed by atoms with E-state index in [4.69, 9.17) is 0 Å². The molecule has 0 radical (unpaired) electrons. The summed E-state index contributed by atoms with van der Waals surface area (Å²) in [6.45, 7) is 3.96. The highest BCUT2D eigenvalue weighted by Gasteiger charge is 2.21. The van der Waals surface area contributed by atoms with Crippen LogP contribution < -0.4 is 0 Å². The number of piperazine rings is 1. The summed E-state index contributed by atoms with van der Waals surface area (Å²) in [6, 6.07) is 14.4. The second-order valence-corrected chi connectivity index (χ2v) is 7.65. The molecule has 1 amide bonds. The summed E-state index contributed by atoms with van der Waals surface area (Å²) in [5.41, 5.74) is 2.15. The molecule has 0 saturated carbocycles. The quantitative estimate of drug-likeness (QED) is 0.635. The second kappa shape index (κ2) is 8.10. The summed E-state index contributed by atoms with van der Waals surface area (Å²) in [7, 11) is 0. The van der Waals surface area contributed by atoms with E-state index in [1.165, 1.54) is 23.9 Å². The fourth-order valence-electron chi connectivity index (χ4n) is 3.22. The smallest absolute Gasteiger partial charge is 0.233 e. The number of carbonyl (C=O) groups excluding carboxylic acids is 1. The van der Waals surface area contributed by atoms with Crippen LogP contribution in [0.25, 0.3) is 5.52 Å². The van der Waals surface area contributed by atoms with Crippen LogP contribution in [0.5, 0.6) is 0 Å². The van der Waals surface area contributed by atoms with Crippen molar-refractivity contribution >= 4 is 23.2 Å². The molecule has 3 aromatic rings. The van der Waals surface area contributed by atoms with Gasteiger partial charge in [0.05, 0.1) is 17.0 Å². The molecular weight excluding hydrogens is 363 g/mol. The Bertz CT molecular complexity index is 886. The lowest BCUT2D eigenvalue weighted by molar-refractivity contribution is -0.130. The van der Waals surface area contributed by atoms with Crippen LogP contribution in [0, 0.1) is 5.82 Å². The van der Waals surface area contributed by atoms with Crippen molar-refractivity contribution < 1.29 is 9.18 Å². The van der Waals surface area contributed by atoms with Crippen molar-refractivity contribution in [2.45, 2.75) is 11.4 Å². The van der Waals surface area contributed by atoms with E-state index in [1.54, 1.807) is 12.1 Å². The van der Waals surface area contributed by atoms with E-state index >= 15 is 0 Å². The van der Waals surface area contributed by atoms with Crippen molar-refractivity contribution in [1.29, 1.82) is 0 Å². The molecule has 0 unspecified atom stereocenters. The standard InChI is InChI=1S/C20H21FN4OS/c21-16-4-6-19(7-5-16)27-15-20(26)24-11-9-23(10-12-24)14-17-13-18-3-1-2-8-25(18)22-17/h1-8,13H,9-12,14-15H2. The van der Waals surface area contributed by atoms with Crippen LogP contribution in [0.3, 0.4) is 0 Å². The van der Waals surface area contributed by atoms with Gasteiger partial charge < -0.3 is 4.90 Å². The van der Waals surface area contributed by atoms with Crippen LogP contribution in [-0.4, -0.2) is 57.3 Å². The third-order valence-electron chi connectivity index (χ3n) is 4.71. The van der Waals surface area contributed by atoms with Crippen molar-refractivity contribution in [3.05, 3.63) is 66.2 Å². The zero-order valence-corrected chi connectivity index (χ0v) is 15.7. The van der Waals surface area contributed by atoms with E-state index < -0.39 is 0 Å². The van der Waals surface area contributed by atoms with Gasteiger partial charge in [0, 0.05) is 43.8 Å².